The molecule has 1 atom stereocenters. The summed E-state index contributed by atoms with van der Waals surface area (Å²) >= 11 is 12.4. The maximum atomic E-state index is 13.9. The van der Waals surface area contributed by atoms with E-state index in [1.807, 2.05) is 6.92 Å². The number of benzene rings is 3. The summed E-state index contributed by atoms with van der Waals surface area (Å²) in [6, 6.07) is 18.1. The zero-order chi connectivity index (χ0) is 28.6. The molecule has 0 aliphatic rings. The Morgan fingerprint density at radius 1 is 1.00 bits per heavy atom. The molecule has 39 heavy (non-hydrogen) atoms. The number of anilines is 1. The van der Waals surface area contributed by atoms with E-state index in [9.17, 15) is 18.0 Å². The minimum Gasteiger partial charge on any atom is -0.497 e. The Hall–Kier alpha value is -3.27. The van der Waals surface area contributed by atoms with Crippen molar-refractivity contribution in [3.8, 4) is 5.75 Å². The summed E-state index contributed by atoms with van der Waals surface area (Å²) in [6.07, 6.45) is 0.718. The first-order chi connectivity index (χ1) is 18.6. The molecule has 8 nitrogen and oxygen atoms in total. The van der Waals surface area contributed by atoms with E-state index in [4.69, 9.17) is 27.9 Å². The third-order valence-electron chi connectivity index (χ3n) is 6.04. The van der Waals surface area contributed by atoms with Crippen LogP contribution in [0.3, 0.4) is 0 Å². The summed E-state index contributed by atoms with van der Waals surface area (Å²) in [6.45, 7) is 3.36. The minimum absolute atomic E-state index is 0.0228. The first kappa shape index (κ1) is 30.3. The normalized spacial score (nSPS) is 11.9. The third kappa shape index (κ3) is 7.65. The van der Waals surface area contributed by atoms with Gasteiger partial charge in [-0.2, -0.15) is 0 Å². The molecule has 0 bridgehead atoms. The van der Waals surface area contributed by atoms with Crippen LogP contribution in [0.5, 0.6) is 5.75 Å². The van der Waals surface area contributed by atoms with Gasteiger partial charge < -0.3 is 15.0 Å². The summed E-state index contributed by atoms with van der Waals surface area (Å²) in [4.78, 5) is 28.1. The highest BCUT2D eigenvalue weighted by atomic mass is 35.5. The SMILES string of the molecule is CCCNC(=O)C(C)N(Cc1ccc(Cl)cc1Cl)C(=O)CN(c1ccc(OC)cc1)S(=O)(=O)c1ccccc1. The zero-order valence-corrected chi connectivity index (χ0v) is 24.3. The molecule has 0 saturated carbocycles. The van der Waals surface area contributed by atoms with Crippen LogP contribution in [0.25, 0.3) is 0 Å². The van der Waals surface area contributed by atoms with Crippen molar-refractivity contribution in [3.63, 3.8) is 0 Å². The second kappa shape index (κ2) is 13.7. The van der Waals surface area contributed by atoms with Crippen molar-refractivity contribution in [2.75, 3.05) is 24.5 Å². The Kier molecular flexibility index (Phi) is 10.6. The number of halogens is 2. The maximum absolute atomic E-state index is 13.9. The van der Waals surface area contributed by atoms with Gasteiger partial charge in [-0.25, -0.2) is 8.42 Å². The van der Waals surface area contributed by atoms with E-state index in [0.29, 0.717) is 27.9 Å². The average molecular weight is 593 g/mol. The molecule has 0 aliphatic heterocycles. The van der Waals surface area contributed by atoms with Gasteiger partial charge in [-0.05, 0) is 67.4 Å². The molecule has 0 aliphatic carbocycles. The second-order valence-corrected chi connectivity index (χ2v) is 11.5. The Labute approximate surface area is 239 Å². The molecule has 1 unspecified atom stereocenters. The van der Waals surface area contributed by atoms with Crippen LogP contribution in [0.1, 0.15) is 25.8 Å². The van der Waals surface area contributed by atoms with Crippen LogP contribution < -0.4 is 14.4 Å². The Morgan fingerprint density at radius 2 is 1.67 bits per heavy atom. The van der Waals surface area contributed by atoms with Crippen molar-refractivity contribution >= 4 is 50.7 Å². The van der Waals surface area contributed by atoms with E-state index >= 15 is 0 Å². The third-order valence-corrected chi connectivity index (χ3v) is 8.42. The first-order valence-electron chi connectivity index (χ1n) is 12.3. The highest BCUT2D eigenvalue weighted by molar-refractivity contribution is 7.92. The molecule has 208 valence electrons. The topological polar surface area (TPSA) is 96.0 Å². The number of methoxy groups -OCH3 is 1. The number of rotatable bonds is 12. The average Bonchev–Trinajstić information content (AvgIpc) is 2.94. The fourth-order valence-corrected chi connectivity index (χ4v) is 5.71. The van der Waals surface area contributed by atoms with E-state index in [1.165, 1.54) is 24.1 Å². The number of hydrogen-bond acceptors (Lipinski definition) is 5. The number of sulfonamides is 1. The molecule has 0 spiro atoms. The molecular formula is C28H31Cl2N3O5S. The van der Waals surface area contributed by atoms with Crippen molar-refractivity contribution in [1.29, 1.82) is 0 Å². The van der Waals surface area contributed by atoms with Crippen molar-refractivity contribution < 1.29 is 22.7 Å². The number of nitrogens with one attached hydrogen (secondary N) is 1. The standard InChI is InChI=1S/C28H31Cl2N3O5S/c1-4-16-31-28(35)20(2)32(18-21-10-11-22(29)17-26(21)30)27(34)19-33(23-12-14-24(38-3)15-13-23)39(36,37)25-8-6-5-7-9-25/h5-15,17,20H,4,16,18-19H2,1-3H3,(H,31,35). The molecule has 1 N–H and O–H groups in total. The minimum atomic E-state index is -4.15. The molecular weight excluding hydrogens is 561 g/mol. The fraction of sp³-hybridized carbons (Fsp3) is 0.286. The lowest BCUT2D eigenvalue weighted by Crippen LogP contribution is -2.51. The van der Waals surface area contributed by atoms with Gasteiger partial charge >= 0.3 is 0 Å². The zero-order valence-electron chi connectivity index (χ0n) is 21.9. The van der Waals surface area contributed by atoms with Gasteiger partial charge in [-0.3, -0.25) is 13.9 Å². The summed E-state index contributed by atoms with van der Waals surface area (Å²) in [7, 11) is -2.65. The van der Waals surface area contributed by atoms with Gasteiger partial charge in [0.05, 0.1) is 17.7 Å². The van der Waals surface area contributed by atoms with Crippen LogP contribution in [0, 0.1) is 0 Å². The van der Waals surface area contributed by atoms with E-state index in [1.54, 1.807) is 67.6 Å². The monoisotopic (exact) mass is 591 g/mol. The largest absolute Gasteiger partial charge is 0.497 e. The molecule has 3 aromatic rings. The number of ether oxygens (including phenoxy) is 1. The van der Waals surface area contributed by atoms with Crippen LogP contribution in [0.4, 0.5) is 5.69 Å². The molecule has 3 aromatic carbocycles. The van der Waals surface area contributed by atoms with Crippen LogP contribution >= 0.6 is 23.2 Å². The second-order valence-electron chi connectivity index (χ2n) is 8.75. The lowest BCUT2D eigenvalue weighted by molar-refractivity contribution is -0.139. The van der Waals surface area contributed by atoms with E-state index in [2.05, 4.69) is 5.32 Å². The molecule has 0 heterocycles. The van der Waals surface area contributed by atoms with Gasteiger partial charge in [0.25, 0.3) is 10.0 Å². The number of carbonyl (C=O) groups excluding carboxylic acids is 2. The molecule has 2 amide bonds. The molecule has 0 aromatic heterocycles. The van der Waals surface area contributed by atoms with Gasteiger partial charge in [-0.15, -0.1) is 0 Å². The van der Waals surface area contributed by atoms with Crippen molar-refractivity contribution in [3.05, 3.63) is 88.4 Å². The highest BCUT2D eigenvalue weighted by Gasteiger charge is 2.32. The molecule has 0 fully saturated rings. The first-order valence-corrected chi connectivity index (χ1v) is 14.5. The van der Waals surface area contributed by atoms with Crippen molar-refractivity contribution in [2.45, 2.75) is 37.8 Å². The molecule has 11 heteroatoms. The Morgan fingerprint density at radius 3 is 2.26 bits per heavy atom. The summed E-state index contributed by atoms with van der Waals surface area (Å²) < 4.78 is 33.7. The van der Waals surface area contributed by atoms with Crippen molar-refractivity contribution in [2.24, 2.45) is 0 Å². The molecule has 3 rings (SSSR count). The predicted octanol–water partition coefficient (Wildman–Crippen LogP) is 5.14. The number of carbonyl (C=O) groups is 2. The van der Waals surface area contributed by atoms with Gasteiger partial charge in [0.15, 0.2) is 0 Å². The van der Waals surface area contributed by atoms with E-state index in [-0.39, 0.29) is 23.0 Å². The summed E-state index contributed by atoms with van der Waals surface area (Å²) in [5.41, 5.74) is 0.826. The lowest BCUT2D eigenvalue weighted by Gasteiger charge is -2.32. The number of amides is 2. The van der Waals surface area contributed by atoms with E-state index in [0.717, 1.165) is 10.7 Å². The molecule has 0 radical (unpaired) electrons. The molecule has 0 saturated heterocycles. The van der Waals surface area contributed by atoms with Gasteiger partial charge in [0.2, 0.25) is 11.8 Å². The van der Waals surface area contributed by atoms with Gasteiger partial charge in [0.1, 0.15) is 18.3 Å². The summed E-state index contributed by atoms with van der Waals surface area (Å²) in [5, 5.41) is 3.55. The van der Waals surface area contributed by atoms with Crippen LogP contribution in [-0.2, 0) is 26.2 Å². The number of hydrogen-bond donors (Lipinski definition) is 1. The highest BCUT2D eigenvalue weighted by Crippen LogP contribution is 2.27. The fourth-order valence-electron chi connectivity index (χ4n) is 3.81. The quantitative estimate of drug-likeness (QED) is 0.314. The maximum Gasteiger partial charge on any atom is 0.264 e. The predicted molar refractivity (Wildman–Crippen MR) is 154 cm³/mol. The lowest BCUT2D eigenvalue weighted by atomic mass is 10.1. The summed E-state index contributed by atoms with van der Waals surface area (Å²) in [5.74, 6) is -0.421. The van der Waals surface area contributed by atoms with Crippen LogP contribution in [0.2, 0.25) is 10.0 Å². The number of nitrogens with zero attached hydrogens (tertiary/aromatic N) is 2. The Balaban J connectivity index is 2.03. The van der Waals surface area contributed by atoms with Crippen LogP contribution in [-0.4, -0.2) is 51.4 Å². The van der Waals surface area contributed by atoms with Gasteiger partial charge in [-0.1, -0.05) is 54.4 Å². The van der Waals surface area contributed by atoms with Gasteiger partial charge in [0, 0.05) is 23.1 Å². The Bertz CT molecular complexity index is 1390. The smallest absolute Gasteiger partial charge is 0.264 e. The van der Waals surface area contributed by atoms with Crippen molar-refractivity contribution in [1.82, 2.24) is 10.2 Å². The van der Waals surface area contributed by atoms with E-state index < -0.39 is 28.5 Å². The van der Waals surface area contributed by atoms with Crippen LogP contribution in [0.15, 0.2) is 77.7 Å².